The van der Waals surface area contributed by atoms with Crippen LogP contribution in [0.2, 0.25) is 0 Å². The molecule has 0 spiro atoms. The van der Waals surface area contributed by atoms with E-state index in [2.05, 4.69) is 101 Å². The van der Waals surface area contributed by atoms with E-state index in [0.717, 1.165) is 37.5 Å². The summed E-state index contributed by atoms with van der Waals surface area (Å²) in [5.74, 6) is 1.66. The number of rotatable bonds is 7. The Hall–Kier alpha value is -2.42. The number of nitrogens with zero attached hydrogens (tertiary/aromatic N) is 2. The Balaban J connectivity index is 1.26. The van der Waals surface area contributed by atoms with Gasteiger partial charge in [0.15, 0.2) is 0 Å². The summed E-state index contributed by atoms with van der Waals surface area (Å²) in [6.45, 7) is 5.67. The van der Waals surface area contributed by atoms with Crippen molar-refractivity contribution in [2.45, 2.75) is 25.7 Å². The fourth-order valence-corrected chi connectivity index (χ4v) is 5.00. The molecule has 0 amide bonds. The molecule has 2 fully saturated rings. The smallest absolute Gasteiger partial charge is 0.0240 e. The first-order valence-electron chi connectivity index (χ1n) is 10.4. The van der Waals surface area contributed by atoms with Gasteiger partial charge in [0.05, 0.1) is 0 Å². The number of likely N-dealkylation sites (tertiary alicyclic amines) is 1. The number of hydrogen-bond donors (Lipinski definition) is 0. The molecule has 0 bridgehead atoms. The van der Waals surface area contributed by atoms with Crippen LogP contribution >= 0.6 is 0 Å². The van der Waals surface area contributed by atoms with E-state index in [1.807, 2.05) is 0 Å². The van der Waals surface area contributed by atoms with Gasteiger partial charge >= 0.3 is 0 Å². The molecule has 1 saturated carbocycles. The van der Waals surface area contributed by atoms with Gasteiger partial charge in [-0.25, -0.2) is 0 Å². The highest BCUT2D eigenvalue weighted by Gasteiger charge is 2.57. The first kappa shape index (κ1) is 17.7. The average Bonchev–Trinajstić information content (AvgIpc) is 3.25. The molecule has 1 heterocycles. The molecule has 1 saturated heterocycles. The monoisotopic (exact) mass is 368 g/mol. The summed E-state index contributed by atoms with van der Waals surface area (Å²) in [7, 11) is 0. The quantitative estimate of drug-likeness (QED) is 0.590. The van der Waals surface area contributed by atoms with Gasteiger partial charge in [0.25, 0.3) is 0 Å². The number of piperidine rings is 1. The van der Waals surface area contributed by atoms with E-state index in [1.165, 1.54) is 29.8 Å². The topological polar surface area (TPSA) is 6.48 Å². The molecule has 3 aromatic carbocycles. The van der Waals surface area contributed by atoms with Crippen LogP contribution in [-0.4, -0.2) is 28.9 Å². The SMILES string of the molecule is c1ccc(CN2C[C@@H]3C(N(Cc4ccccc4)Cc4ccccc4)[C@@H]3C2)cc1. The van der Waals surface area contributed by atoms with Gasteiger partial charge in [-0.1, -0.05) is 91.0 Å². The van der Waals surface area contributed by atoms with E-state index in [0.29, 0.717) is 0 Å². The highest BCUT2D eigenvalue weighted by Crippen LogP contribution is 2.50. The first-order chi connectivity index (χ1) is 13.9. The second-order valence-electron chi connectivity index (χ2n) is 8.37. The lowest BCUT2D eigenvalue weighted by Crippen LogP contribution is -2.34. The summed E-state index contributed by atoms with van der Waals surface area (Å²) in [5.41, 5.74) is 4.28. The second kappa shape index (κ2) is 7.90. The van der Waals surface area contributed by atoms with Crippen LogP contribution < -0.4 is 0 Å². The molecule has 2 nitrogen and oxygen atoms in total. The van der Waals surface area contributed by atoms with Crippen LogP contribution in [0.15, 0.2) is 91.0 Å². The Labute approximate surface area is 168 Å². The molecule has 0 radical (unpaired) electrons. The van der Waals surface area contributed by atoms with Crippen molar-refractivity contribution >= 4 is 0 Å². The summed E-state index contributed by atoms with van der Waals surface area (Å²) in [6, 6.07) is 33.5. The molecule has 2 aliphatic rings. The van der Waals surface area contributed by atoms with Crippen LogP contribution in [0.25, 0.3) is 0 Å². The van der Waals surface area contributed by atoms with E-state index in [9.17, 15) is 0 Å². The summed E-state index contributed by atoms with van der Waals surface area (Å²) in [4.78, 5) is 5.37. The zero-order valence-electron chi connectivity index (χ0n) is 16.3. The van der Waals surface area contributed by atoms with Gasteiger partial charge < -0.3 is 0 Å². The van der Waals surface area contributed by atoms with E-state index >= 15 is 0 Å². The molecule has 3 aromatic rings. The summed E-state index contributed by atoms with van der Waals surface area (Å²) >= 11 is 0. The maximum Gasteiger partial charge on any atom is 0.0240 e. The standard InChI is InChI=1S/C26H28N2/c1-4-10-21(11-5-1)16-27-19-24-25(20-27)26(24)28(17-22-12-6-2-7-13-22)18-23-14-8-3-9-15-23/h1-15,24-26H,16-20H2/t24-,25+,26?. The fraction of sp³-hybridized carbons (Fsp3) is 0.308. The van der Waals surface area contributed by atoms with Gasteiger partial charge in [-0.3, -0.25) is 9.80 Å². The lowest BCUT2D eigenvalue weighted by Gasteiger charge is -2.27. The lowest BCUT2D eigenvalue weighted by atomic mass is 10.1. The molecule has 5 rings (SSSR count). The second-order valence-corrected chi connectivity index (χ2v) is 8.37. The molecule has 28 heavy (non-hydrogen) atoms. The maximum absolute atomic E-state index is 2.72. The Morgan fingerprint density at radius 1 is 0.607 bits per heavy atom. The van der Waals surface area contributed by atoms with Crippen LogP contribution in [-0.2, 0) is 19.6 Å². The van der Waals surface area contributed by atoms with Crippen molar-refractivity contribution in [3.8, 4) is 0 Å². The van der Waals surface area contributed by atoms with Crippen molar-refractivity contribution in [1.82, 2.24) is 9.80 Å². The molecule has 1 aliphatic carbocycles. The molecular formula is C26H28N2. The van der Waals surface area contributed by atoms with E-state index in [4.69, 9.17) is 0 Å². The Bertz CT molecular complexity index is 825. The highest BCUT2D eigenvalue weighted by molar-refractivity contribution is 5.21. The predicted octanol–water partition coefficient (Wildman–Crippen LogP) is 4.82. The highest BCUT2D eigenvalue weighted by atomic mass is 15.3. The van der Waals surface area contributed by atoms with Crippen molar-refractivity contribution < 1.29 is 0 Å². The normalized spacial score (nSPS) is 23.7. The van der Waals surface area contributed by atoms with Gasteiger partial charge in [0.1, 0.15) is 0 Å². The number of benzene rings is 3. The first-order valence-corrected chi connectivity index (χ1v) is 10.4. The number of fused-ring (bicyclic) bond motifs is 1. The molecule has 3 atom stereocenters. The summed E-state index contributed by atoms with van der Waals surface area (Å²) < 4.78 is 0. The van der Waals surface area contributed by atoms with Gasteiger partial charge in [-0.15, -0.1) is 0 Å². The number of hydrogen-bond acceptors (Lipinski definition) is 2. The van der Waals surface area contributed by atoms with Gasteiger partial charge in [-0.2, -0.15) is 0 Å². The molecule has 142 valence electrons. The fourth-order valence-electron chi connectivity index (χ4n) is 5.00. The largest absolute Gasteiger partial charge is 0.298 e. The van der Waals surface area contributed by atoms with Gasteiger partial charge in [-0.05, 0) is 28.5 Å². The van der Waals surface area contributed by atoms with Crippen molar-refractivity contribution in [3.63, 3.8) is 0 Å². The van der Waals surface area contributed by atoms with E-state index in [-0.39, 0.29) is 0 Å². The average molecular weight is 369 g/mol. The molecule has 0 N–H and O–H groups in total. The molecular weight excluding hydrogens is 340 g/mol. The zero-order valence-corrected chi connectivity index (χ0v) is 16.3. The van der Waals surface area contributed by atoms with Crippen molar-refractivity contribution in [3.05, 3.63) is 108 Å². The summed E-state index contributed by atoms with van der Waals surface area (Å²) in [6.07, 6.45) is 0. The Morgan fingerprint density at radius 2 is 1.04 bits per heavy atom. The lowest BCUT2D eigenvalue weighted by molar-refractivity contribution is 0.182. The van der Waals surface area contributed by atoms with Gasteiger partial charge in [0.2, 0.25) is 0 Å². The van der Waals surface area contributed by atoms with Crippen LogP contribution in [0.5, 0.6) is 0 Å². The van der Waals surface area contributed by atoms with Crippen LogP contribution in [0.4, 0.5) is 0 Å². The zero-order chi connectivity index (χ0) is 18.8. The van der Waals surface area contributed by atoms with Crippen molar-refractivity contribution in [2.24, 2.45) is 11.8 Å². The Kier molecular flexibility index (Phi) is 4.99. The third-order valence-electron chi connectivity index (χ3n) is 6.35. The van der Waals surface area contributed by atoms with Crippen LogP contribution in [0.1, 0.15) is 16.7 Å². The summed E-state index contributed by atoms with van der Waals surface area (Å²) in [5, 5.41) is 0. The minimum atomic E-state index is 0.729. The van der Waals surface area contributed by atoms with Crippen LogP contribution in [0.3, 0.4) is 0 Å². The molecule has 0 aromatic heterocycles. The molecule has 1 aliphatic heterocycles. The van der Waals surface area contributed by atoms with E-state index < -0.39 is 0 Å². The van der Waals surface area contributed by atoms with Gasteiger partial charge in [0, 0.05) is 38.8 Å². The minimum Gasteiger partial charge on any atom is -0.298 e. The predicted molar refractivity (Wildman–Crippen MR) is 115 cm³/mol. The molecule has 1 unspecified atom stereocenters. The van der Waals surface area contributed by atoms with Crippen molar-refractivity contribution in [1.29, 1.82) is 0 Å². The maximum atomic E-state index is 2.72. The third-order valence-corrected chi connectivity index (χ3v) is 6.35. The minimum absolute atomic E-state index is 0.729. The van der Waals surface area contributed by atoms with Crippen LogP contribution in [0, 0.1) is 11.8 Å². The third kappa shape index (κ3) is 3.89. The molecule has 2 heteroatoms. The van der Waals surface area contributed by atoms with Crippen molar-refractivity contribution in [2.75, 3.05) is 13.1 Å². The Morgan fingerprint density at radius 3 is 1.50 bits per heavy atom. The van der Waals surface area contributed by atoms with E-state index in [1.54, 1.807) is 0 Å².